The highest BCUT2D eigenvalue weighted by Crippen LogP contribution is 2.23. The Labute approximate surface area is 165 Å². The molecule has 1 unspecified atom stereocenters. The largest absolute Gasteiger partial charge is 0.497 e. The van der Waals surface area contributed by atoms with E-state index in [1.54, 1.807) is 30.2 Å². The molecule has 0 aliphatic carbocycles. The van der Waals surface area contributed by atoms with E-state index in [1.165, 1.54) is 0 Å². The zero-order chi connectivity index (χ0) is 20.1. The maximum absolute atomic E-state index is 13.0. The van der Waals surface area contributed by atoms with Crippen LogP contribution in [0.5, 0.6) is 5.75 Å². The Morgan fingerprint density at radius 3 is 2.96 bits per heavy atom. The Hall–Kier alpha value is -2.83. The van der Waals surface area contributed by atoms with Gasteiger partial charge in [0.2, 0.25) is 11.8 Å². The highest BCUT2D eigenvalue weighted by atomic mass is 16.5. The quantitative estimate of drug-likeness (QED) is 0.735. The molecular weight excluding hydrogens is 356 g/mol. The zero-order valence-electron chi connectivity index (χ0n) is 16.8. The number of carbonyl (C=O) groups is 2. The molecule has 0 spiro atoms. The summed E-state index contributed by atoms with van der Waals surface area (Å²) in [4.78, 5) is 33.2. The van der Waals surface area contributed by atoms with Crippen LogP contribution in [-0.4, -0.2) is 51.9 Å². The number of aryl methyl sites for hydroxylation is 1. The number of amides is 2. The van der Waals surface area contributed by atoms with Crippen molar-refractivity contribution in [3.63, 3.8) is 0 Å². The molecule has 2 amide bonds. The maximum Gasteiger partial charge on any atom is 0.227 e. The van der Waals surface area contributed by atoms with Crippen molar-refractivity contribution in [2.45, 2.75) is 39.4 Å². The van der Waals surface area contributed by atoms with Crippen LogP contribution in [0.25, 0.3) is 0 Å². The summed E-state index contributed by atoms with van der Waals surface area (Å²) >= 11 is 0. The van der Waals surface area contributed by atoms with Gasteiger partial charge in [0.15, 0.2) is 0 Å². The number of aromatic nitrogens is 2. The molecule has 2 heterocycles. The van der Waals surface area contributed by atoms with E-state index < -0.39 is 0 Å². The topological polar surface area (TPSA) is 67.7 Å². The molecule has 150 valence electrons. The van der Waals surface area contributed by atoms with Crippen molar-refractivity contribution in [2.75, 3.05) is 20.7 Å². The first kappa shape index (κ1) is 19.9. The second-order valence-corrected chi connectivity index (χ2v) is 7.19. The lowest BCUT2D eigenvalue weighted by Crippen LogP contribution is -2.45. The van der Waals surface area contributed by atoms with E-state index in [0.29, 0.717) is 32.5 Å². The Morgan fingerprint density at radius 2 is 2.21 bits per heavy atom. The van der Waals surface area contributed by atoms with E-state index in [9.17, 15) is 9.59 Å². The fourth-order valence-electron chi connectivity index (χ4n) is 3.64. The van der Waals surface area contributed by atoms with Crippen molar-refractivity contribution in [2.24, 2.45) is 5.92 Å². The van der Waals surface area contributed by atoms with Crippen molar-refractivity contribution in [3.8, 4) is 5.75 Å². The second kappa shape index (κ2) is 8.91. The zero-order valence-corrected chi connectivity index (χ0v) is 16.8. The molecule has 28 heavy (non-hydrogen) atoms. The van der Waals surface area contributed by atoms with Gasteiger partial charge in [-0.05, 0) is 31.0 Å². The smallest absolute Gasteiger partial charge is 0.227 e. The molecule has 1 fully saturated rings. The summed E-state index contributed by atoms with van der Waals surface area (Å²) in [5.74, 6) is 1.61. The Morgan fingerprint density at radius 1 is 1.39 bits per heavy atom. The summed E-state index contributed by atoms with van der Waals surface area (Å²) in [6, 6.07) is 7.69. The van der Waals surface area contributed by atoms with Gasteiger partial charge in [0.05, 0.1) is 19.6 Å². The van der Waals surface area contributed by atoms with E-state index in [4.69, 9.17) is 4.74 Å². The molecular formula is C21H28N4O3. The Kier molecular flexibility index (Phi) is 6.34. The minimum atomic E-state index is -0.182. The summed E-state index contributed by atoms with van der Waals surface area (Å²) in [6.07, 6.45) is 4.67. The van der Waals surface area contributed by atoms with Crippen LogP contribution in [0.4, 0.5) is 0 Å². The number of hydrogen-bond acceptors (Lipinski definition) is 4. The standard InChI is InChI=1S/C21H28N4O3/c1-4-24-11-10-22-19(24)15-23(2)21(27)17-8-9-20(26)25(14-17)13-16-6-5-7-18(12-16)28-3/h5-7,10-12,17H,4,8-9,13-15H2,1-3H3. The SMILES string of the molecule is CCn1ccnc1CN(C)C(=O)C1CCC(=O)N(Cc2cccc(OC)c2)C1. The molecule has 1 aromatic heterocycles. The van der Waals surface area contributed by atoms with Crippen LogP contribution in [0.15, 0.2) is 36.7 Å². The predicted molar refractivity (Wildman–Crippen MR) is 106 cm³/mol. The number of imidazole rings is 1. The van der Waals surface area contributed by atoms with E-state index in [-0.39, 0.29) is 17.7 Å². The number of nitrogens with zero attached hydrogens (tertiary/aromatic N) is 4. The van der Waals surface area contributed by atoms with Gasteiger partial charge in [0.1, 0.15) is 11.6 Å². The molecule has 1 aliphatic rings. The monoisotopic (exact) mass is 384 g/mol. The van der Waals surface area contributed by atoms with Gasteiger partial charge in [-0.3, -0.25) is 9.59 Å². The third kappa shape index (κ3) is 4.52. The second-order valence-electron chi connectivity index (χ2n) is 7.19. The summed E-state index contributed by atoms with van der Waals surface area (Å²) in [5.41, 5.74) is 0.999. The molecule has 0 bridgehead atoms. The van der Waals surface area contributed by atoms with Gasteiger partial charge in [-0.25, -0.2) is 4.98 Å². The summed E-state index contributed by atoms with van der Waals surface area (Å²) in [6.45, 7) is 4.28. The number of piperidine rings is 1. The number of carbonyl (C=O) groups excluding carboxylic acids is 2. The summed E-state index contributed by atoms with van der Waals surface area (Å²) in [5, 5.41) is 0. The number of benzene rings is 1. The highest BCUT2D eigenvalue weighted by molar-refractivity contribution is 5.83. The van der Waals surface area contributed by atoms with Crippen molar-refractivity contribution in [3.05, 3.63) is 48.0 Å². The number of likely N-dealkylation sites (tertiary alicyclic amines) is 1. The van der Waals surface area contributed by atoms with Crippen molar-refractivity contribution < 1.29 is 14.3 Å². The van der Waals surface area contributed by atoms with Gasteiger partial charge in [-0.2, -0.15) is 0 Å². The number of hydrogen-bond donors (Lipinski definition) is 0. The Bertz CT molecular complexity index is 833. The van der Waals surface area contributed by atoms with Crippen LogP contribution in [0.2, 0.25) is 0 Å². The Balaban J connectivity index is 1.64. The van der Waals surface area contributed by atoms with Crippen LogP contribution >= 0.6 is 0 Å². The molecule has 7 nitrogen and oxygen atoms in total. The fourth-order valence-corrected chi connectivity index (χ4v) is 3.64. The van der Waals surface area contributed by atoms with Gasteiger partial charge in [-0.1, -0.05) is 12.1 Å². The molecule has 7 heteroatoms. The van der Waals surface area contributed by atoms with E-state index in [2.05, 4.69) is 11.9 Å². The van der Waals surface area contributed by atoms with Crippen molar-refractivity contribution in [1.29, 1.82) is 0 Å². The van der Waals surface area contributed by atoms with Gasteiger partial charge < -0.3 is 19.1 Å². The lowest BCUT2D eigenvalue weighted by molar-refractivity contribution is -0.143. The molecule has 2 aromatic rings. The minimum Gasteiger partial charge on any atom is -0.497 e. The third-order valence-corrected chi connectivity index (χ3v) is 5.25. The summed E-state index contributed by atoms with van der Waals surface area (Å²) in [7, 11) is 3.43. The van der Waals surface area contributed by atoms with Gasteiger partial charge in [-0.15, -0.1) is 0 Å². The number of ether oxygens (including phenoxy) is 1. The molecule has 1 atom stereocenters. The van der Waals surface area contributed by atoms with Gasteiger partial charge >= 0.3 is 0 Å². The number of methoxy groups -OCH3 is 1. The predicted octanol–water partition coefficient (Wildman–Crippen LogP) is 2.31. The highest BCUT2D eigenvalue weighted by Gasteiger charge is 2.32. The number of rotatable bonds is 7. The molecule has 1 saturated heterocycles. The molecule has 0 N–H and O–H groups in total. The average Bonchev–Trinajstić information content (AvgIpc) is 3.16. The molecule has 1 aliphatic heterocycles. The van der Waals surface area contributed by atoms with Gasteiger partial charge in [0, 0.05) is 45.5 Å². The van der Waals surface area contributed by atoms with Crippen LogP contribution in [0.3, 0.4) is 0 Å². The van der Waals surface area contributed by atoms with Crippen molar-refractivity contribution >= 4 is 11.8 Å². The van der Waals surface area contributed by atoms with Crippen LogP contribution < -0.4 is 4.74 Å². The van der Waals surface area contributed by atoms with Gasteiger partial charge in [0.25, 0.3) is 0 Å². The van der Waals surface area contributed by atoms with Crippen LogP contribution in [-0.2, 0) is 29.2 Å². The van der Waals surface area contributed by atoms with Crippen LogP contribution in [0.1, 0.15) is 31.2 Å². The first-order valence-electron chi connectivity index (χ1n) is 9.67. The molecule has 3 rings (SSSR count). The summed E-state index contributed by atoms with van der Waals surface area (Å²) < 4.78 is 7.29. The minimum absolute atomic E-state index is 0.0637. The van der Waals surface area contributed by atoms with Crippen molar-refractivity contribution in [1.82, 2.24) is 19.4 Å². The first-order chi connectivity index (χ1) is 13.5. The molecule has 0 saturated carbocycles. The third-order valence-electron chi connectivity index (χ3n) is 5.25. The molecule has 0 radical (unpaired) electrons. The van der Waals surface area contributed by atoms with Crippen LogP contribution in [0, 0.1) is 5.92 Å². The van der Waals surface area contributed by atoms with E-state index >= 15 is 0 Å². The van der Waals surface area contributed by atoms with E-state index in [0.717, 1.165) is 23.7 Å². The normalized spacial score (nSPS) is 16.9. The first-order valence-corrected chi connectivity index (χ1v) is 9.67. The maximum atomic E-state index is 13.0. The molecule has 1 aromatic carbocycles. The fraction of sp³-hybridized carbons (Fsp3) is 0.476. The lowest BCUT2D eigenvalue weighted by Gasteiger charge is -2.34. The average molecular weight is 384 g/mol. The lowest BCUT2D eigenvalue weighted by atomic mass is 9.95. The van der Waals surface area contributed by atoms with E-state index in [1.807, 2.05) is 35.0 Å².